The largest absolute Gasteiger partial charge is 0.192 e. The van der Waals surface area contributed by atoms with Crippen molar-refractivity contribution in [3.05, 3.63) is 82.9 Å². The lowest BCUT2D eigenvalue weighted by atomic mass is 9.78. The summed E-state index contributed by atoms with van der Waals surface area (Å²) in [5.41, 5.74) is 4.62. The van der Waals surface area contributed by atoms with Crippen molar-refractivity contribution in [1.29, 1.82) is 5.26 Å². The molecule has 0 unspecified atom stereocenters. The summed E-state index contributed by atoms with van der Waals surface area (Å²) in [4.78, 5) is 0. The number of aryl methyl sites for hydroxylation is 1. The van der Waals surface area contributed by atoms with Crippen molar-refractivity contribution in [2.24, 2.45) is 5.92 Å². The molecule has 1 aliphatic carbocycles. The van der Waals surface area contributed by atoms with Gasteiger partial charge in [-0.15, -0.1) is 0 Å². The van der Waals surface area contributed by atoms with Crippen LogP contribution in [0.2, 0.25) is 0 Å². The normalized spacial score (nSPS) is 19.0. The third kappa shape index (κ3) is 5.87. The smallest absolute Gasteiger partial charge is 0.0991 e. The molecular weight excluding hydrogens is 338 g/mol. The van der Waals surface area contributed by atoms with E-state index in [0.29, 0.717) is 11.5 Å². The maximum atomic E-state index is 8.82. The number of rotatable bonds is 5. The highest BCUT2D eigenvalue weighted by Crippen LogP contribution is 2.36. The van der Waals surface area contributed by atoms with E-state index in [2.05, 4.69) is 55.2 Å². The monoisotopic (exact) mass is 367 g/mol. The molecule has 0 atom stereocenters. The van der Waals surface area contributed by atoms with E-state index in [1.807, 2.05) is 30.3 Å². The second-order valence-corrected chi connectivity index (χ2v) is 7.77. The molecule has 0 saturated heterocycles. The first-order valence-electron chi connectivity index (χ1n) is 10.6. The van der Waals surface area contributed by atoms with Gasteiger partial charge in [-0.25, -0.2) is 0 Å². The number of hydrogen-bond donors (Lipinski definition) is 0. The predicted molar refractivity (Wildman–Crippen MR) is 117 cm³/mol. The number of nitriles is 1. The highest BCUT2D eigenvalue weighted by atomic mass is 14.3. The highest BCUT2D eigenvalue weighted by molar-refractivity contribution is 5.41. The van der Waals surface area contributed by atoms with Crippen molar-refractivity contribution in [2.45, 2.75) is 57.8 Å². The summed E-state index contributed by atoms with van der Waals surface area (Å²) in [5.74, 6) is 7.65. The molecule has 1 heteroatoms. The Kier molecular flexibility index (Phi) is 7.52. The van der Waals surface area contributed by atoms with Gasteiger partial charge in [-0.3, -0.25) is 0 Å². The zero-order valence-corrected chi connectivity index (χ0v) is 16.8. The fourth-order valence-corrected chi connectivity index (χ4v) is 3.92. The first-order chi connectivity index (χ1) is 13.8. The molecule has 1 nitrogen and oxygen atoms in total. The predicted octanol–water partition coefficient (Wildman–Crippen LogP) is 6.78. The standard InChI is InChI=1S/C27H29N/c1-2-3-6-22-13-17-26(18-14-22)27-19-15-24(16-20-27)8-5-4-7-23-9-11-25(21-28)12-10-23/h5,8-14,17-18,24,27H,2-3,6,15-16,19-20H2,1H3. The third-order valence-electron chi connectivity index (χ3n) is 5.72. The molecule has 0 aliphatic heterocycles. The van der Waals surface area contributed by atoms with E-state index < -0.39 is 0 Å². The van der Waals surface area contributed by atoms with Gasteiger partial charge in [-0.1, -0.05) is 55.5 Å². The number of nitrogens with zero attached hydrogens (tertiary/aromatic N) is 1. The molecule has 2 aromatic rings. The van der Waals surface area contributed by atoms with Gasteiger partial charge in [0, 0.05) is 5.56 Å². The minimum Gasteiger partial charge on any atom is -0.192 e. The molecule has 2 aromatic carbocycles. The van der Waals surface area contributed by atoms with Crippen LogP contribution >= 0.6 is 0 Å². The Morgan fingerprint density at radius 1 is 0.929 bits per heavy atom. The maximum Gasteiger partial charge on any atom is 0.0991 e. The molecule has 142 valence electrons. The van der Waals surface area contributed by atoms with Gasteiger partial charge in [0.15, 0.2) is 0 Å². The van der Waals surface area contributed by atoms with E-state index in [0.717, 1.165) is 11.5 Å². The summed E-state index contributed by atoms with van der Waals surface area (Å²) < 4.78 is 0. The topological polar surface area (TPSA) is 23.8 Å². The average molecular weight is 368 g/mol. The summed E-state index contributed by atoms with van der Waals surface area (Å²) in [6, 6.07) is 18.9. The van der Waals surface area contributed by atoms with Crippen molar-refractivity contribution in [3.63, 3.8) is 0 Å². The van der Waals surface area contributed by atoms with Gasteiger partial charge in [-0.05, 0) is 91.8 Å². The fraction of sp³-hybridized carbons (Fsp3) is 0.370. The van der Waals surface area contributed by atoms with E-state index in [4.69, 9.17) is 5.26 Å². The molecule has 3 rings (SSSR count). The van der Waals surface area contributed by atoms with Gasteiger partial charge in [-0.2, -0.15) is 5.26 Å². The number of benzene rings is 2. The zero-order chi connectivity index (χ0) is 19.6. The van der Waals surface area contributed by atoms with Crippen molar-refractivity contribution in [2.75, 3.05) is 0 Å². The second kappa shape index (κ2) is 10.5. The van der Waals surface area contributed by atoms with Crippen molar-refractivity contribution in [1.82, 2.24) is 0 Å². The highest BCUT2D eigenvalue weighted by Gasteiger charge is 2.20. The molecule has 0 N–H and O–H groups in total. The molecule has 0 bridgehead atoms. The Morgan fingerprint density at radius 2 is 1.61 bits per heavy atom. The lowest BCUT2D eigenvalue weighted by Crippen LogP contribution is -2.11. The van der Waals surface area contributed by atoms with Crippen molar-refractivity contribution < 1.29 is 0 Å². The molecule has 28 heavy (non-hydrogen) atoms. The molecule has 1 aliphatic rings. The van der Waals surface area contributed by atoms with E-state index >= 15 is 0 Å². The summed E-state index contributed by atoms with van der Waals surface area (Å²) in [5, 5.41) is 8.82. The lowest BCUT2D eigenvalue weighted by Gasteiger charge is -2.27. The van der Waals surface area contributed by atoms with Crippen LogP contribution in [0.5, 0.6) is 0 Å². The molecule has 0 radical (unpaired) electrons. The maximum absolute atomic E-state index is 8.82. The van der Waals surface area contributed by atoms with Gasteiger partial charge < -0.3 is 0 Å². The number of hydrogen-bond acceptors (Lipinski definition) is 1. The van der Waals surface area contributed by atoms with Crippen LogP contribution in [0.4, 0.5) is 0 Å². The minimum atomic E-state index is 0.648. The molecule has 1 saturated carbocycles. The Hall–Kier alpha value is -2.77. The van der Waals surface area contributed by atoms with Crippen LogP contribution in [0.15, 0.2) is 60.7 Å². The van der Waals surface area contributed by atoms with Crippen LogP contribution in [0, 0.1) is 29.1 Å². The van der Waals surface area contributed by atoms with Crippen molar-refractivity contribution in [3.8, 4) is 17.9 Å². The van der Waals surface area contributed by atoms with Gasteiger partial charge in [0.2, 0.25) is 0 Å². The third-order valence-corrected chi connectivity index (χ3v) is 5.72. The van der Waals surface area contributed by atoms with Crippen LogP contribution in [-0.4, -0.2) is 0 Å². The Balaban J connectivity index is 1.47. The number of allylic oxidation sites excluding steroid dienone is 2. The Bertz CT molecular complexity index is 861. The summed E-state index contributed by atoms with van der Waals surface area (Å²) in [6.45, 7) is 2.25. The van der Waals surface area contributed by atoms with Crippen LogP contribution in [0.1, 0.15) is 73.6 Å². The molecule has 0 heterocycles. The van der Waals surface area contributed by atoms with E-state index in [9.17, 15) is 0 Å². The van der Waals surface area contributed by atoms with Gasteiger partial charge in [0.05, 0.1) is 11.6 Å². The van der Waals surface area contributed by atoms with E-state index in [-0.39, 0.29) is 0 Å². The molecule has 0 spiro atoms. The van der Waals surface area contributed by atoms with Crippen LogP contribution in [0.25, 0.3) is 0 Å². The van der Waals surface area contributed by atoms with Crippen molar-refractivity contribution >= 4 is 0 Å². The number of unbranched alkanes of at least 4 members (excludes halogenated alkanes) is 1. The molecular formula is C27H29N. The molecule has 1 fully saturated rings. The first kappa shape index (κ1) is 20.0. The minimum absolute atomic E-state index is 0.648. The Labute approximate surface area is 170 Å². The summed E-state index contributed by atoms with van der Waals surface area (Å²) in [7, 11) is 0. The van der Waals surface area contributed by atoms with Gasteiger partial charge in [0.25, 0.3) is 0 Å². The first-order valence-corrected chi connectivity index (χ1v) is 10.6. The molecule has 0 amide bonds. The molecule has 0 aromatic heterocycles. The van der Waals surface area contributed by atoms with E-state index in [1.165, 1.54) is 56.1 Å². The van der Waals surface area contributed by atoms with Crippen LogP contribution in [-0.2, 0) is 6.42 Å². The van der Waals surface area contributed by atoms with E-state index in [1.54, 1.807) is 0 Å². The van der Waals surface area contributed by atoms with Gasteiger partial charge >= 0.3 is 0 Å². The lowest BCUT2D eigenvalue weighted by molar-refractivity contribution is 0.376. The second-order valence-electron chi connectivity index (χ2n) is 7.77. The Morgan fingerprint density at radius 3 is 2.25 bits per heavy atom. The van der Waals surface area contributed by atoms with Gasteiger partial charge in [0.1, 0.15) is 0 Å². The van der Waals surface area contributed by atoms with Crippen LogP contribution < -0.4 is 0 Å². The average Bonchev–Trinajstić information content (AvgIpc) is 2.76. The zero-order valence-electron chi connectivity index (χ0n) is 16.8. The fourth-order valence-electron chi connectivity index (χ4n) is 3.92. The SMILES string of the molecule is CCCCc1ccc(C2CCC(C=CC#Cc3ccc(C#N)cc3)CC2)cc1. The summed E-state index contributed by atoms with van der Waals surface area (Å²) in [6.07, 6.45) is 13.1. The quantitative estimate of drug-likeness (QED) is 0.534. The van der Waals surface area contributed by atoms with Crippen LogP contribution in [0.3, 0.4) is 0 Å². The summed E-state index contributed by atoms with van der Waals surface area (Å²) >= 11 is 0.